The number of halogens is 1. The molecule has 0 aromatic heterocycles. The topological polar surface area (TPSA) is 18.5 Å². The van der Waals surface area contributed by atoms with Crippen LogP contribution in [0.4, 0.5) is 5.69 Å². The number of anilines is 1. The van der Waals surface area contributed by atoms with Gasteiger partial charge in [-0.05, 0) is 58.3 Å². The summed E-state index contributed by atoms with van der Waals surface area (Å²) in [5.41, 5.74) is 2.69. The molecule has 0 radical (unpaired) electrons. The van der Waals surface area contributed by atoms with Crippen LogP contribution in [0.15, 0.2) is 22.7 Å². The third-order valence-corrected chi connectivity index (χ3v) is 3.91. The molecule has 1 atom stereocenters. The smallest absolute Gasteiger partial charge is 0.0415 e. The van der Waals surface area contributed by atoms with Gasteiger partial charge >= 0.3 is 0 Å². The highest BCUT2D eigenvalue weighted by atomic mass is 79.9. The average molecular weight is 342 g/mol. The molecule has 0 fully saturated rings. The standard InChI is InChI=1S/C16H28BrN3/c1-6-18-11-14-10-15(17)8-9-16(14)20(7-2)13(3)12-19(4)5/h8-10,13,18H,6-7,11-12H2,1-5H3. The predicted molar refractivity (Wildman–Crippen MR) is 92.6 cm³/mol. The van der Waals surface area contributed by atoms with E-state index >= 15 is 0 Å². The summed E-state index contributed by atoms with van der Waals surface area (Å²) in [4.78, 5) is 4.73. The summed E-state index contributed by atoms with van der Waals surface area (Å²) < 4.78 is 1.14. The van der Waals surface area contributed by atoms with E-state index in [0.29, 0.717) is 6.04 Å². The lowest BCUT2D eigenvalue weighted by atomic mass is 10.1. The van der Waals surface area contributed by atoms with Gasteiger partial charge in [-0.3, -0.25) is 0 Å². The minimum Gasteiger partial charge on any atom is -0.368 e. The second-order valence-electron chi connectivity index (χ2n) is 5.45. The van der Waals surface area contributed by atoms with Gasteiger partial charge < -0.3 is 15.1 Å². The number of hydrogen-bond acceptors (Lipinski definition) is 3. The Labute approximate surface area is 132 Å². The second kappa shape index (κ2) is 8.65. The van der Waals surface area contributed by atoms with Crippen molar-refractivity contribution in [2.75, 3.05) is 38.6 Å². The number of likely N-dealkylation sites (N-methyl/N-ethyl adjacent to an activating group) is 2. The Kier molecular flexibility index (Phi) is 7.56. The summed E-state index contributed by atoms with van der Waals surface area (Å²) in [6.45, 7) is 10.7. The fraction of sp³-hybridized carbons (Fsp3) is 0.625. The molecule has 0 amide bonds. The highest BCUT2D eigenvalue weighted by molar-refractivity contribution is 9.10. The molecule has 3 nitrogen and oxygen atoms in total. The van der Waals surface area contributed by atoms with E-state index < -0.39 is 0 Å². The van der Waals surface area contributed by atoms with E-state index in [4.69, 9.17) is 0 Å². The van der Waals surface area contributed by atoms with Gasteiger partial charge in [-0.2, -0.15) is 0 Å². The molecule has 20 heavy (non-hydrogen) atoms. The number of rotatable bonds is 8. The zero-order chi connectivity index (χ0) is 15.1. The minimum absolute atomic E-state index is 0.497. The van der Waals surface area contributed by atoms with Gasteiger partial charge in [-0.25, -0.2) is 0 Å². The molecule has 0 bridgehead atoms. The van der Waals surface area contributed by atoms with Crippen LogP contribution < -0.4 is 10.2 Å². The van der Waals surface area contributed by atoms with E-state index in [1.165, 1.54) is 11.3 Å². The number of nitrogens with zero attached hydrogens (tertiary/aromatic N) is 2. The SMILES string of the molecule is CCNCc1cc(Br)ccc1N(CC)C(C)CN(C)C. The van der Waals surface area contributed by atoms with Gasteiger partial charge in [0.15, 0.2) is 0 Å². The normalized spacial score (nSPS) is 12.8. The van der Waals surface area contributed by atoms with E-state index in [-0.39, 0.29) is 0 Å². The van der Waals surface area contributed by atoms with Crippen LogP contribution in [0.1, 0.15) is 26.3 Å². The van der Waals surface area contributed by atoms with Gasteiger partial charge in [0.1, 0.15) is 0 Å². The maximum absolute atomic E-state index is 3.58. The van der Waals surface area contributed by atoms with Gasteiger partial charge in [0.05, 0.1) is 0 Å². The molecule has 0 spiro atoms. The first-order valence-electron chi connectivity index (χ1n) is 7.40. The second-order valence-corrected chi connectivity index (χ2v) is 6.37. The summed E-state index contributed by atoms with van der Waals surface area (Å²) in [5, 5.41) is 3.43. The number of benzene rings is 1. The third kappa shape index (κ3) is 5.08. The van der Waals surface area contributed by atoms with E-state index in [1.54, 1.807) is 0 Å². The van der Waals surface area contributed by atoms with Crippen molar-refractivity contribution in [3.63, 3.8) is 0 Å². The summed E-state index contributed by atoms with van der Waals surface area (Å²) >= 11 is 3.58. The van der Waals surface area contributed by atoms with Crippen LogP contribution in [0, 0.1) is 0 Å². The Hall–Kier alpha value is -0.580. The Balaban J connectivity index is 3.00. The first-order valence-corrected chi connectivity index (χ1v) is 8.19. The fourth-order valence-electron chi connectivity index (χ4n) is 2.58. The molecule has 0 heterocycles. The first-order chi connectivity index (χ1) is 9.49. The monoisotopic (exact) mass is 341 g/mol. The summed E-state index contributed by atoms with van der Waals surface area (Å²) in [5.74, 6) is 0. The van der Waals surface area contributed by atoms with Crippen LogP contribution in [0.3, 0.4) is 0 Å². The van der Waals surface area contributed by atoms with Crippen LogP contribution in [0.25, 0.3) is 0 Å². The highest BCUT2D eigenvalue weighted by Crippen LogP contribution is 2.26. The maximum atomic E-state index is 3.58. The van der Waals surface area contributed by atoms with Crippen LogP contribution in [0.5, 0.6) is 0 Å². The van der Waals surface area contributed by atoms with Crippen molar-refractivity contribution in [2.24, 2.45) is 0 Å². The lowest BCUT2D eigenvalue weighted by Gasteiger charge is -2.33. The highest BCUT2D eigenvalue weighted by Gasteiger charge is 2.16. The minimum atomic E-state index is 0.497. The maximum Gasteiger partial charge on any atom is 0.0415 e. The van der Waals surface area contributed by atoms with Gasteiger partial charge in [0, 0.05) is 35.8 Å². The van der Waals surface area contributed by atoms with Crippen molar-refractivity contribution in [2.45, 2.75) is 33.4 Å². The van der Waals surface area contributed by atoms with E-state index in [1.807, 2.05) is 0 Å². The van der Waals surface area contributed by atoms with Crippen LogP contribution in [0.2, 0.25) is 0 Å². The van der Waals surface area contributed by atoms with Crippen molar-refractivity contribution < 1.29 is 0 Å². The molecular formula is C16H28BrN3. The summed E-state index contributed by atoms with van der Waals surface area (Å²) in [7, 11) is 4.26. The van der Waals surface area contributed by atoms with E-state index in [2.05, 4.69) is 84.1 Å². The van der Waals surface area contributed by atoms with Crippen molar-refractivity contribution in [1.29, 1.82) is 0 Å². The third-order valence-electron chi connectivity index (χ3n) is 3.42. The Morgan fingerprint density at radius 2 is 1.95 bits per heavy atom. The van der Waals surface area contributed by atoms with Crippen molar-refractivity contribution in [3.8, 4) is 0 Å². The first kappa shape index (κ1) is 17.5. The largest absolute Gasteiger partial charge is 0.368 e. The Morgan fingerprint density at radius 3 is 2.50 bits per heavy atom. The van der Waals surface area contributed by atoms with Gasteiger partial charge in [0.25, 0.3) is 0 Å². The molecule has 1 aromatic rings. The van der Waals surface area contributed by atoms with Crippen molar-refractivity contribution in [3.05, 3.63) is 28.2 Å². The molecule has 0 saturated carbocycles. The molecule has 1 rings (SSSR count). The Morgan fingerprint density at radius 1 is 1.25 bits per heavy atom. The number of nitrogens with one attached hydrogen (secondary N) is 1. The summed E-state index contributed by atoms with van der Waals surface area (Å²) in [6, 6.07) is 7.09. The van der Waals surface area contributed by atoms with Crippen LogP contribution in [-0.4, -0.2) is 44.7 Å². The van der Waals surface area contributed by atoms with Gasteiger partial charge in [-0.1, -0.05) is 22.9 Å². The molecule has 0 saturated heterocycles. The zero-order valence-corrected chi connectivity index (χ0v) is 15.0. The van der Waals surface area contributed by atoms with Gasteiger partial charge in [0.2, 0.25) is 0 Å². The molecule has 0 aliphatic rings. The van der Waals surface area contributed by atoms with Crippen molar-refractivity contribution in [1.82, 2.24) is 10.2 Å². The van der Waals surface area contributed by atoms with Gasteiger partial charge in [-0.15, -0.1) is 0 Å². The molecule has 1 N–H and O–H groups in total. The molecule has 0 aliphatic heterocycles. The Bertz CT molecular complexity index is 407. The summed E-state index contributed by atoms with van der Waals surface area (Å²) in [6.07, 6.45) is 0. The number of hydrogen-bond donors (Lipinski definition) is 1. The van der Waals surface area contributed by atoms with Crippen LogP contribution in [-0.2, 0) is 6.54 Å². The molecule has 0 aliphatic carbocycles. The zero-order valence-electron chi connectivity index (χ0n) is 13.4. The molecule has 1 aromatic carbocycles. The molecule has 1 unspecified atom stereocenters. The molecular weight excluding hydrogens is 314 g/mol. The van der Waals surface area contributed by atoms with E-state index in [0.717, 1.165) is 30.7 Å². The average Bonchev–Trinajstić information content (AvgIpc) is 2.38. The van der Waals surface area contributed by atoms with E-state index in [9.17, 15) is 0 Å². The van der Waals surface area contributed by atoms with Crippen LogP contribution >= 0.6 is 15.9 Å². The quantitative estimate of drug-likeness (QED) is 0.782. The lowest BCUT2D eigenvalue weighted by Crippen LogP contribution is -2.40. The lowest BCUT2D eigenvalue weighted by molar-refractivity contribution is 0.372. The molecule has 114 valence electrons. The predicted octanol–water partition coefficient (Wildman–Crippen LogP) is 3.34. The fourth-order valence-corrected chi connectivity index (χ4v) is 2.99. The van der Waals surface area contributed by atoms with Crippen molar-refractivity contribution >= 4 is 21.6 Å². The molecule has 4 heteroatoms.